The first-order valence-electron chi connectivity index (χ1n) is 6.40. The van der Waals surface area contributed by atoms with E-state index in [2.05, 4.69) is 18.0 Å². The molecule has 2 rings (SSSR count). The molecule has 0 bridgehead atoms. The van der Waals surface area contributed by atoms with Gasteiger partial charge in [0.25, 0.3) is 0 Å². The second-order valence-corrected chi connectivity index (χ2v) is 5.01. The maximum absolute atomic E-state index is 10.7. The SMILES string of the molecule is CN1CCC(C=Cc2ccc(O)c([N+](=O)[O-])c2)CC1. The molecule has 1 N–H and O–H groups in total. The summed E-state index contributed by atoms with van der Waals surface area (Å²) in [6.07, 6.45) is 6.26. The van der Waals surface area contributed by atoms with Crippen molar-refractivity contribution in [2.24, 2.45) is 5.92 Å². The van der Waals surface area contributed by atoms with E-state index in [1.165, 1.54) is 12.1 Å². The number of nitro benzene ring substituents is 1. The smallest absolute Gasteiger partial charge is 0.311 e. The fourth-order valence-electron chi connectivity index (χ4n) is 2.26. The number of phenols is 1. The Labute approximate surface area is 112 Å². The van der Waals surface area contributed by atoms with Crippen molar-refractivity contribution in [1.29, 1.82) is 0 Å². The average molecular weight is 262 g/mol. The van der Waals surface area contributed by atoms with Crippen LogP contribution in [0.4, 0.5) is 5.69 Å². The van der Waals surface area contributed by atoms with E-state index in [4.69, 9.17) is 0 Å². The summed E-state index contributed by atoms with van der Waals surface area (Å²) < 4.78 is 0. The summed E-state index contributed by atoms with van der Waals surface area (Å²) in [5, 5.41) is 20.1. The zero-order chi connectivity index (χ0) is 13.8. The highest BCUT2D eigenvalue weighted by Crippen LogP contribution is 2.27. The van der Waals surface area contributed by atoms with Crippen molar-refractivity contribution in [2.75, 3.05) is 20.1 Å². The summed E-state index contributed by atoms with van der Waals surface area (Å²) in [6, 6.07) is 4.46. The van der Waals surface area contributed by atoms with Gasteiger partial charge < -0.3 is 10.0 Å². The van der Waals surface area contributed by atoms with E-state index >= 15 is 0 Å². The third-order valence-electron chi connectivity index (χ3n) is 3.52. The minimum atomic E-state index is -0.567. The molecule has 0 atom stereocenters. The van der Waals surface area contributed by atoms with Gasteiger partial charge in [-0.05, 0) is 50.5 Å². The van der Waals surface area contributed by atoms with Crippen molar-refractivity contribution >= 4 is 11.8 Å². The number of hydrogen-bond donors (Lipinski definition) is 1. The average Bonchev–Trinajstić information content (AvgIpc) is 2.39. The lowest BCUT2D eigenvalue weighted by atomic mass is 9.96. The van der Waals surface area contributed by atoms with E-state index in [0.29, 0.717) is 5.92 Å². The van der Waals surface area contributed by atoms with Crippen LogP contribution in [0.5, 0.6) is 5.75 Å². The Morgan fingerprint density at radius 3 is 2.74 bits per heavy atom. The molecule has 1 heterocycles. The molecule has 0 aromatic heterocycles. The zero-order valence-electron chi connectivity index (χ0n) is 11.0. The number of aromatic hydroxyl groups is 1. The van der Waals surface area contributed by atoms with Gasteiger partial charge in [-0.1, -0.05) is 18.2 Å². The van der Waals surface area contributed by atoms with Gasteiger partial charge in [0.15, 0.2) is 5.75 Å². The van der Waals surface area contributed by atoms with Crippen molar-refractivity contribution in [1.82, 2.24) is 4.90 Å². The molecule has 1 aromatic rings. The lowest BCUT2D eigenvalue weighted by Crippen LogP contribution is -2.29. The highest BCUT2D eigenvalue weighted by Gasteiger charge is 2.15. The lowest BCUT2D eigenvalue weighted by molar-refractivity contribution is -0.385. The van der Waals surface area contributed by atoms with Crippen LogP contribution in [0.15, 0.2) is 24.3 Å². The molecular weight excluding hydrogens is 244 g/mol. The molecular formula is C14H18N2O3. The van der Waals surface area contributed by atoms with Crippen molar-refractivity contribution in [3.63, 3.8) is 0 Å². The van der Waals surface area contributed by atoms with Crippen molar-refractivity contribution in [3.8, 4) is 5.75 Å². The Hall–Kier alpha value is -1.88. The molecule has 1 fully saturated rings. The number of nitro groups is 1. The fourth-order valence-corrected chi connectivity index (χ4v) is 2.26. The van der Waals surface area contributed by atoms with E-state index < -0.39 is 4.92 Å². The highest BCUT2D eigenvalue weighted by atomic mass is 16.6. The van der Waals surface area contributed by atoms with Gasteiger partial charge in [0, 0.05) is 6.07 Å². The minimum absolute atomic E-state index is 0.245. The second-order valence-electron chi connectivity index (χ2n) is 5.01. The number of allylic oxidation sites excluding steroid dienone is 1. The molecule has 1 aliphatic heterocycles. The van der Waals surface area contributed by atoms with Crippen LogP contribution in [0.25, 0.3) is 6.08 Å². The first kappa shape index (κ1) is 13.5. The maximum atomic E-state index is 10.7. The van der Waals surface area contributed by atoms with Crippen LogP contribution in [-0.2, 0) is 0 Å². The molecule has 5 nitrogen and oxygen atoms in total. The first-order valence-corrected chi connectivity index (χ1v) is 6.40. The Kier molecular flexibility index (Phi) is 4.16. The molecule has 0 amide bonds. The number of piperidine rings is 1. The van der Waals surface area contributed by atoms with Crippen LogP contribution in [0, 0.1) is 16.0 Å². The van der Waals surface area contributed by atoms with E-state index in [1.54, 1.807) is 6.07 Å². The van der Waals surface area contributed by atoms with Gasteiger partial charge in [0.2, 0.25) is 0 Å². The van der Waals surface area contributed by atoms with E-state index in [0.717, 1.165) is 31.5 Å². The van der Waals surface area contributed by atoms with Gasteiger partial charge in [-0.15, -0.1) is 0 Å². The van der Waals surface area contributed by atoms with E-state index in [-0.39, 0.29) is 11.4 Å². The zero-order valence-corrected chi connectivity index (χ0v) is 11.0. The molecule has 0 aliphatic carbocycles. The third-order valence-corrected chi connectivity index (χ3v) is 3.52. The Morgan fingerprint density at radius 2 is 2.11 bits per heavy atom. The number of hydrogen-bond acceptors (Lipinski definition) is 4. The molecule has 19 heavy (non-hydrogen) atoms. The van der Waals surface area contributed by atoms with Gasteiger partial charge >= 0.3 is 5.69 Å². The Balaban J connectivity index is 2.06. The largest absolute Gasteiger partial charge is 0.502 e. The number of rotatable bonds is 3. The van der Waals surface area contributed by atoms with Gasteiger partial charge in [-0.25, -0.2) is 0 Å². The van der Waals surface area contributed by atoms with Crippen LogP contribution < -0.4 is 0 Å². The molecule has 0 radical (unpaired) electrons. The fraction of sp³-hybridized carbons (Fsp3) is 0.429. The molecule has 1 aromatic carbocycles. The van der Waals surface area contributed by atoms with Gasteiger partial charge in [0.05, 0.1) is 4.92 Å². The molecule has 5 heteroatoms. The third kappa shape index (κ3) is 3.54. The van der Waals surface area contributed by atoms with Gasteiger partial charge in [0.1, 0.15) is 0 Å². The maximum Gasteiger partial charge on any atom is 0.311 e. The van der Waals surface area contributed by atoms with Crippen LogP contribution in [0.2, 0.25) is 0 Å². The Morgan fingerprint density at radius 1 is 1.42 bits per heavy atom. The predicted octanol–water partition coefficient (Wildman–Crippen LogP) is 2.66. The molecule has 0 spiro atoms. The molecule has 1 saturated heterocycles. The van der Waals surface area contributed by atoms with Crippen LogP contribution in [-0.4, -0.2) is 35.1 Å². The molecule has 102 valence electrons. The summed E-state index contributed by atoms with van der Waals surface area (Å²) >= 11 is 0. The van der Waals surface area contributed by atoms with Gasteiger partial charge in [-0.2, -0.15) is 0 Å². The monoisotopic (exact) mass is 262 g/mol. The van der Waals surface area contributed by atoms with E-state index in [9.17, 15) is 15.2 Å². The van der Waals surface area contributed by atoms with Crippen molar-refractivity contribution in [3.05, 3.63) is 40.0 Å². The number of phenolic OH excluding ortho intramolecular Hbond substituents is 1. The molecule has 0 saturated carbocycles. The lowest BCUT2D eigenvalue weighted by Gasteiger charge is -2.26. The van der Waals surface area contributed by atoms with Crippen LogP contribution in [0.3, 0.4) is 0 Å². The number of benzene rings is 1. The summed E-state index contributed by atoms with van der Waals surface area (Å²) in [4.78, 5) is 12.5. The standard InChI is InChI=1S/C14H18N2O3/c1-15-8-6-11(7-9-15)2-3-12-4-5-14(17)13(10-12)16(18)19/h2-5,10-11,17H,6-9H2,1H3. The van der Waals surface area contributed by atoms with Crippen molar-refractivity contribution < 1.29 is 10.0 Å². The van der Waals surface area contributed by atoms with Gasteiger partial charge in [-0.3, -0.25) is 10.1 Å². The summed E-state index contributed by atoms with van der Waals surface area (Å²) in [5.41, 5.74) is 0.508. The topological polar surface area (TPSA) is 66.6 Å². The number of nitrogens with zero attached hydrogens (tertiary/aromatic N) is 2. The summed E-state index contributed by atoms with van der Waals surface area (Å²) in [7, 11) is 2.11. The summed E-state index contributed by atoms with van der Waals surface area (Å²) in [5.74, 6) is 0.241. The van der Waals surface area contributed by atoms with Crippen LogP contribution in [0.1, 0.15) is 18.4 Å². The molecule has 1 aliphatic rings. The normalized spacial score (nSPS) is 17.9. The first-order chi connectivity index (χ1) is 9.06. The minimum Gasteiger partial charge on any atom is -0.502 e. The number of likely N-dealkylation sites (tertiary alicyclic amines) is 1. The molecule has 0 unspecified atom stereocenters. The van der Waals surface area contributed by atoms with Crippen molar-refractivity contribution in [2.45, 2.75) is 12.8 Å². The summed E-state index contributed by atoms with van der Waals surface area (Å²) in [6.45, 7) is 2.18. The quantitative estimate of drug-likeness (QED) is 0.671. The van der Waals surface area contributed by atoms with E-state index in [1.807, 2.05) is 6.08 Å². The second kappa shape index (κ2) is 5.84. The predicted molar refractivity (Wildman–Crippen MR) is 74.0 cm³/mol. The Bertz CT molecular complexity index is 491. The van der Waals surface area contributed by atoms with Crippen LogP contribution >= 0.6 is 0 Å². The highest BCUT2D eigenvalue weighted by molar-refractivity contribution is 5.58.